The third-order valence-corrected chi connectivity index (χ3v) is 1.86. The Morgan fingerprint density at radius 1 is 1.42 bits per heavy atom. The van der Waals surface area contributed by atoms with Gasteiger partial charge in [-0.1, -0.05) is 34.2 Å². The first-order valence-corrected chi connectivity index (χ1v) is 3.92. The SMILES string of the molecule is [Br-].[CH2-]C1(Cl)C=C(Cl)C=C(Cl)C1.[Zn+2]. The fraction of sp³-hybridized carbons (Fsp3) is 0.286. The molecule has 5 heteroatoms. The van der Waals surface area contributed by atoms with Gasteiger partial charge in [-0.3, -0.25) is 0 Å². The van der Waals surface area contributed by atoms with Crippen LogP contribution >= 0.6 is 34.8 Å². The van der Waals surface area contributed by atoms with Gasteiger partial charge < -0.3 is 23.9 Å². The van der Waals surface area contributed by atoms with Crippen molar-refractivity contribution in [3.8, 4) is 0 Å². The van der Waals surface area contributed by atoms with E-state index in [4.69, 9.17) is 34.8 Å². The molecule has 0 aromatic carbocycles. The monoisotopic (exact) mass is 338 g/mol. The molecule has 0 nitrogen and oxygen atoms in total. The molecule has 0 bridgehead atoms. The van der Waals surface area contributed by atoms with Gasteiger partial charge >= 0.3 is 19.5 Å². The third-order valence-electron chi connectivity index (χ3n) is 1.15. The maximum atomic E-state index is 5.86. The molecule has 1 rings (SSSR count). The summed E-state index contributed by atoms with van der Waals surface area (Å²) in [5, 5.41) is 1.21. The molecule has 0 aromatic rings. The van der Waals surface area contributed by atoms with Crippen molar-refractivity contribution in [1.82, 2.24) is 0 Å². The molecule has 0 aromatic heterocycles. The molecule has 1 aliphatic carbocycles. The van der Waals surface area contributed by atoms with Crippen molar-refractivity contribution >= 4 is 34.8 Å². The Hall–Kier alpha value is 1.45. The molecule has 0 amide bonds. The minimum atomic E-state index is -0.650. The zero-order chi connectivity index (χ0) is 7.78. The van der Waals surface area contributed by atoms with E-state index < -0.39 is 4.87 Å². The first kappa shape index (κ1) is 15.9. The van der Waals surface area contributed by atoms with Crippen LogP contribution in [0.2, 0.25) is 0 Å². The third kappa shape index (κ3) is 5.24. The van der Waals surface area contributed by atoms with E-state index in [0.29, 0.717) is 16.5 Å². The van der Waals surface area contributed by atoms with Gasteiger partial charge in [0.1, 0.15) is 0 Å². The van der Waals surface area contributed by atoms with Gasteiger partial charge in [-0.25, -0.2) is 0 Å². The maximum absolute atomic E-state index is 5.86. The summed E-state index contributed by atoms with van der Waals surface area (Å²) < 4.78 is 0. The first-order valence-electron chi connectivity index (χ1n) is 2.78. The van der Waals surface area contributed by atoms with Crippen molar-refractivity contribution in [1.29, 1.82) is 0 Å². The van der Waals surface area contributed by atoms with Gasteiger partial charge in [0.05, 0.1) is 0 Å². The fourth-order valence-electron chi connectivity index (χ4n) is 0.821. The molecular formula is C7H6BrCl3Zn. The van der Waals surface area contributed by atoms with Crippen LogP contribution < -0.4 is 17.0 Å². The van der Waals surface area contributed by atoms with E-state index in [1.165, 1.54) is 0 Å². The minimum Gasteiger partial charge on any atom is -1.00 e. The largest absolute Gasteiger partial charge is 2.00 e. The summed E-state index contributed by atoms with van der Waals surface area (Å²) in [5.41, 5.74) is 0. The summed E-state index contributed by atoms with van der Waals surface area (Å²) in [5.74, 6) is 0. The Morgan fingerprint density at radius 2 is 1.92 bits per heavy atom. The number of allylic oxidation sites excluding steroid dienone is 4. The molecule has 0 N–H and O–H groups in total. The second kappa shape index (κ2) is 6.03. The van der Waals surface area contributed by atoms with Crippen molar-refractivity contribution in [3.05, 3.63) is 29.1 Å². The normalized spacial score (nSPS) is 27.7. The average molecular weight is 342 g/mol. The summed E-state index contributed by atoms with van der Waals surface area (Å²) in [7, 11) is 0. The standard InChI is InChI=1S/C7H6Cl3.BrH.Zn/c1-7(10)3-5(8)2-6(9)4-7;;/h2-3H,1,4H2;1H;/q-1;;+2/p-1. The fourth-order valence-corrected chi connectivity index (χ4v) is 1.96. The molecule has 12 heavy (non-hydrogen) atoms. The van der Waals surface area contributed by atoms with Crippen molar-refractivity contribution < 1.29 is 36.5 Å². The summed E-state index contributed by atoms with van der Waals surface area (Å²) in [4.78, 5) is -0.650. The number of halogens is 4. The zero-order valence-electron chi connectivity index (χ0n) is 6.29. The second-order valence-corrected chi connectivity index (χ2v) is 4.01. The molecule has 0 fully saturated rings. The van der Waals surface area contributed by atoms with Gasteiger partial charge in [-0.15, -0.1) is 0 Å². The molecule has 0 spiro atoms. The number of hydrogen-bond acceptors (Lipinski definition) is 0. The van der Waals surface area contributed by atoms with Crippen LogP contribution in [0.5, 0.6) is 0 Å². The Morgan fingerprint density at radius 3 is 2.25 bits per heavy atom. The van der Waals surface area contributed by atoms with Crippen molar-refractivity contribution in [2.24, 2.45) is 0 Å². The summed E-state index contributed by atoms with van der Waals surface area (Å²) >= 11 is 17.2. The van der Waals surface area contributed by atoms with E-state index in [2.05, 4.69) is 6.92 Å². The molecule has 1 unspecified atom stereocenters. The molecular weight excluding hydrogens is 336 g/mol. The Bertz CT molecular complexity index is 211. The average Bonchev–Trinajstić information content (AvgIpc) is 1.54. The predicted octanol–water partition coefficient (Wildman–Crippen LogP) is 0.449. The Balaban J connectivity index is 0. The van der Waals surface area contributed by atoms with Crippen LogP contribution in [0.4, 0.5) is 0 Å². The quantitative estimate of drug-likeness (QED) is 0.341. The van der Waals surface area contributed by atoms with E-state index in [1.54, 1.807) is 12.2 Å². The van der Waals surface area contributed by atoms with E-state index in [1.807, 2.05) is 0 Å². The van der Waals surface area contributed by atoms with Crippen molar-refractivity contribution in [3.63, 3.8) is 0 Å². The molecule has 0 heterocycles. The van der Waals surface area contributed by atoms with Gasteiger partial charge in [0.15, 0.2) is 0 Å². The van der Waals surface area contributed by atoms with Gasteiger partial charge in [-0.2, -0.15) is 11.6 Å². The molecule has 0 saturated carbocycles. The maximum Gasteiger partial charge on any atom is 2.00 e. The van der Waals surface area contributed by atoms with Crippen LogP contribution in [0.25, 0.3) is 0 Å². The number of hydrogen-bond donors (Lipinski definition) is 0. The van der Waals surface area contributed by atoms with E-state index >= 15 is 0 Å². The second-order valence-electron chi connectivity index (χ2n) is 2.33. The topological polar surface area (TPSA) is 0 Å². The van der Waals surface area contributed by atoms with Crippen LogP contribution in [0.1, 0.15) is 6.42 Å². The Labute approximate surface area is 111 Å². The zero-order valence-corrected chi connectivity index (χ0v) is 13.1. The van der Waals surface area contributed by atoms with E-state index in [9.17, 15) is 0 Å². The molecule has 64 valence electrons. The minimum absolute atomic E-state index is 0. The van der Waals surface area contributed by atoms with Crippen LogP contribution in [0.15, 0.2) is 22.2 Å². The van der Waals surface area contributed by atoms with E-state index in [0.717, 1.165) is 0 Å². The molecule has 0 saturated heterocycles. The molecule has 0 radical (unpaired) electrons. The van der Waals surface area contributed by atoms with Crippen LogP contribution in [-0.2, 0) is 19.5 Å². The van der Waals surface area contributed by atoms with Crippen LogP contribution in [0, 0.1) is 6.92 Å². The van der Waals surface area contributed by atoms with Gasteiger partial charge in [0.25, 0.3) is 0 Å². The summed E-state index contributed by atoms with van der Waals surface area (Å²) in [6.07, 6.45) is 3.91. The number of rotatable bonds is 0. The van der Waals surface area contributed by atoms with Crippen molar-refractivity contribution in [2.75, 3.05) is 0 Å². The van der Waals surface area contributed by atoms with Crippen molar-refractivity contribution in [2.45, 2.75) is 11.3 Å². The van der Waals surface area contributed by atoms with Crippen LogP contribution in [0.3, 0.4) is 0 Å². The van der Waals surface area contributed by atoms with Gasteiger partial charge in [0, 0.05) is 10.1 Å². The summed E-state index contributed by atoms with van der Waals surface area (Å²) in [6.45, 7) is 3.71. The predicted molar refractivity (Wildman–Crippen MR) is 46.4 cm³/mol. The molecule has 1 atom stereocenters. The Kier molecular flexibility index (Phi) is 8.00. The van der Waals surface area contributed by atoms with Gasteiger partial charge in [0.2, 0.25) is 0 Å². The van der Waals surface area contributed by atoms with Gasteiger partial charge in [-0.05, 0) is 12.5 Å². The van der Waals surface area contributed by atoms with Crippen LogP contribution in [-0.4, -0.2) is 4.87 Å². The smallest absolute Gasteiger partial charge is 1.00 e. The molecule has 0 aliphatic heterocycles. The van der Waals surface area contributed by atoms with E-state index in [-0.39, 0.29) is 36.5 Å². The molecule has 1 aliphatic rings. The number of alkyl halides is 1. The summed E-state index contributed by atoms with van der Waals surface area (Å²) in [6, 6.07) is 0. The first-order chi connectivity index (χ1) is 4.49.